The molecule has 0 atom stereocenters. The van der Waals surface area contributed by atoms with E-state index in [9.17, 15) is 0 Å². The van der Waals surface area contributed by atoms with Crippen molar-refractivity contribution in [1.82, 2.24) is 0 Å². The molecule has 36 heavy (non-hydrogen) atoms. The third-order valence-electron chi connectivity index (χ3n) is 0.882. The summed E-state index contributed by atoms with van der Waals surface area (Å²) >= 11 is 0. The van der Waals surface area contributed by atoms with E-state index in [1.54, 1.807) is 12.1 Å². The summed E-state index contributed by atoms with van der Waals surface area (Å²) in [5.41, 5.74) is 0. The molecule has 2 N–H and O–H groups in total. The van der Waals surface area contributed by atoms with Crippen LogP contribution in [0.4, 0.5) is 0 Å². The van der Waals surface area contributed by atoms with Crippen molar-refractivity contribution >= 4 is 29.3 Å². The molecule has 0 saturated heterocycles. The van der Waals surface area contributed by atoms with Crippen LogP contribution in [0.5, 0.6) is 11.5 Å². The van der Waals surface area contributed by atoms with Crippen LogP contribution >= 0.6 is 0 Å². The molecule has 1 aromatic rings. The van der Waals surface area contributed by atoms with Crippen LogP contribution in [-0.4, -0.2) is 39.5 Å². The van der Waals surface area contributed by atoms with Crippen LogP contribution in [0.1, 0.15) is 0 Å². The van der Waals surface area contributed by atoms with Gasteiger partial charge in [-0.3, -0.25) is 29.3 Å². The van der Waals surface area contributed by atoms with Gasteiger partial charge in [-0.2, -0.15) is 0 Å². The second-order valence-electron chi connectivity index (χ2n) is 2.64. The van der Waals surface area contributed by atoms with Crippen LogP contribution in [0, 0.1) is 0 Å². The van der Waals surface area contributed by atoms with Crippen molar-refractivity contribution < 1.29 is 425 Å². The second-order valence-corrected chi connectivity index (χ2v) is 2.64. The van der Waals surface area contributed by atoms with Crippen LogP contribution in [0.2, 0.25) is 0 Å². The molecular formula is C6H6B4Na12O14. The monoisotopic (exact) mass is 622 g/mol. The van der Waals surface area contributed by atoms with Crippen LogP contribution < -0.4 is 415 Å². The Bertz CT molecular complexity index is 329. The Morgan fingerprint density at radius 2 is 0.417 bits per heavy atom. The topological polar surface area (TPSA) is 317 Å². The molecule has 30 heteroatoms. The molecule has 0 saturated carbocycles. The first kappa shape index (κ1) is 103. The third-order valence-corrected chi connectivity index (χ3v) is 0.882. The number of para-hydroxylation sites is 2. The molecule has 0 unspecified atom stereocenters. The predicted molar refractivity (Wildman–Crippen MR) is 52.8 cm³/mol. The Hall–Kier alpha value is 10.6. The normalized spacial score (nSPS) is 5.00. The molecule has 0 fully saturated rings. The van der Waals surface area contributed by atoms with E-state index >= 15 is 0 Å². The summed E-state index contributed by atoms with van der Waals surface area (Å²) in [6.45, 7) is 0. The van der Waals surface area contributed by atoms with Gasteiger partial charge in [0.25, 0.3) is 0 Å². The zero-order valence-electron chi connectivity index (χ0n) is 23.4. The minimum atomic E-state index is -2.92. The van der Waals surface area contributed by atoms with Gasteiger partial charge in [0, 0.05) is 0 Å². The molecule has 0 aliphatic rings. The van der Waals surface area contributed by atoms with Gasteiger partial charge in [0.2, 0.25) is 0 Å². The van der Waals surface area contributed by atoms with Gasteiger partial charge < -0.3 is 70.5 Å². The van der Waals surface area contributed by atoms with E-state index in [0.717, 1.165) is 0 Å². The number of rotatable bonds is 0. The van der Waals surface area contributed by atoms with Crippen LogP contribution in [-0.2, 0) is 0 Å². The van der Waals surface area contributed by atoms with E-state index < -0.39 is 29.3 Å². The first-order chi connectivity index (χ1) is 10.7. The summed E-state index contributed by atoms with van der Waals surface area (Å²) in [6, 6.07) is 6.15. The van der Waals surface area contributed by atoms with Crippen LogP contribution in [0.15, 0.2) is 24.3 Å². The van der Waals surface area contributed by atoms with E-state index in [2.05, 4.69) is 0 Å². The quantitative estimate of drug-likeness (QED) is 0.201. The van der Waals surface area contributed by atoms with Crippen molar-refractivity contribution in [3.05, 3.63) is 24.3 Å². The second kappa shape index (κ2) is 85.3. The minimum Gasteiger partial charge on any atom is -0.907 e. The largest absolute Gasteiger partial charge is 1.00 e. The van der Waals surface area contributed by atoms with Gasteiger partial charge in [-0.15, -0.1) is 0 Å². The van der Waals surface area contributed by atoms with Crippen LogP contribution in [0.3, 0.4) is 0 Å². The standard InChI is InChI=1S/C6H6O2.4BO3.12Na/c7-5-3-1-2-4-6(5)8;4*2-1(3)4;;;;;;;;;;;;/h1-4,7-8H;;;;;;;;;;;;;;;;/q;4*-3;12*+1. The summed E-state index contributed by atoms with van der Waals surface area (Å²) in [5.74, 6) is -0.153. The maximum atomic E-state index is 8.67. The molecule has 0 aromatic heterocycles. The summed E-state index contributed by atoms with van der Waals surface area (Å²) in [7, 11) is -11.7. The Morgan fingerprint density at radius 1 is 0.333 bits per heavy atom. The van der Waals surface area contributed by atoms with Gasteiger partial charge in [0.1, 0.15) is 0 Å². The van der Waals surface area contributed by atoms with Crippen molar-refractivity contribution in [3.63, 3.8) is 0 Å². The van der Waals surface area contributed by atoms with Gasteiger partial charge in [-0.05, 0) is 12.1 Å². The van der Waals surface area contributed by atoms with Gasteiger partial charge in [-0.1, -0.05) is 12.1 Å². The Balaban J connectivity index is -0.00000000944. The van der Waals surface area contributed by atoms with Crippen LogP contribution in [0.25, 0.3) is 0 Å². The van der Waals surface area contributed by atoms with E-state index in [0.29, 0.717) is 0 Å². The molecule has 0 spiro atoms. The van der Waals surface area contributed by atoms with Crippen molar-refractivity contribution in [3.8, 4) is 11.5 Å². The van der Waals surface area contributed by atoms with E-state index in [4.69, 9.17) is 70.5 Å². The molecule has 14 nitrogen and oxygen atoms in total. The maximum Gasteiger partial charge on any atom is 1.00 e. The van der Waals surface area contributed by atoms with E-state index in [-0.39, 0.29) is 366 Å². The average Bonchev–Trinajstić information content (AvgIpc) is 2.30. The van der Waals surface area contributed by atoms with Gasteiger partial charge in [0.15, 0.2) is 11.5 Å². The molecule has 138 valence electrons. The zero-order chi connectivity index (χ0) is 20.3. The molecule has 0 bridgehead atoms. The fourth-order valence-electron chi connectivity index (χ4n) is 0.464. The summed E-state index contributed by atoms with van der Waals surface area (Å²) in [6.07, 6.45) is 0. The molecule has 0 aliphatic carbocycles. The number of aromatic hydroxyl groups is 2. The summed E-state index contributed by atoms with van der Waals surface area (Å²) in [4.78, 5) is 0. The summed E-state index contributed by atoms with van der Waals surface area (Å²) < 4.78 is 0. The minimum absolute atomic E-state index is 0. The smallest absolute Gasteiger partial charge is 0.907 e. The molecule has 0 aliphatic heterocycles. The molecule has 0 radical (unpaired) electrons. The van der Waals surface area contributed by atoms with Crippen molar-refractivity contribution in [2.24, 2.45) is 0 Å². The maximum absolute atomic E-state index is 8.67. The molecule has 1 aromatic carbocycles. The molecular weight excluding hydrogens is 615 g/mol. The fourth-order valence-corrected chi connectivity index (χ4v) is 0.464. The first-order valence-electron chi connectivity index (χ1n) is 5.10. The molecule has 0 heterocycles. The fraction of sp³-hybridized carbons (Fsp3) is 0. The Labute approximate surface area is 477 Å². The zero-order valence-corrected chi connectivity index (χ0v) is 47.4. The predicted octanol–water partition coefficient (Wildman–Crippen LogP) is -50.6. The van der Waals surface area contributed by atoms with Crippen molar-refractivity contribution in [2.45, 2.75) is 0 Å². The number of benzene rings is 1. The number of phenols is 2. The van der Waals surface area contributed by atoms with Crippen molar-refractivity contribution in [1.29, 1.82) is 0 Å². The Kier molecular flexibility index (Phi) is 245. The van der Waals surface area contributed by atoms with Crippen molar-refractivity contribution in [2.75, 3.05) is 0 Å². The van der Waals surface area contributed by atoms with Gasteiger partial charge >= 0.3 is 355 Å². The first-order valence-corrected chi connectivity index (χ1v) is 5.10. The Morgan fingerprint density at radius 3 is 0.472 bits per heavy atom. The van der Waals surface area contributed by atoms with E-state index in [1.807, 2.05) is 0 Å². The number of hydrogen-bond acceptors (Lipinski definition) is 14. The average molecular weight is 621 g/mol. The number of phenolic OH excluding ortho intramolecular Hbond substituents is 2. The van der Waals surface area contributed by atoms with E-state index in [1.165, 1.54) is 12.1 Å². The SMILES string of the molecule is Oc1ccccc1O.[Na+].[Na+].[Na+].[Na+].[Na+].[Na+].[Na+].[Na+].[Na+].[Na+].[Na+].[Na+].[O-]B([O-])[O-].[O-]B([O-])[O-].[O-]B([O-])[O-].[O-]B([O-])[O-]. The van der Waals surface area contributed by atoms with Gasteiger partial charge in [-0.25, -0.2) is 0 Å². The van der Waals surface area contributed by atoms with Gasteiger partial charge in [0.05, 0.1) is 0 Å². The third kappa shape index (κ3) is 182. The number of hydrogen-bond donors (Lipinski definition) is 2. The summed E-state index contributed by atoms with van der Waals surface area (Å²) in [5, 5.41) is 118. The molecule has 1 rings (SSSR count). The molecule has 0 amide bonds.